The van der Waals surface area contributed by atoms with Crippen LogP contribution in [0.4, 0.5) is 15.6 Å². The van der Waals surface area contributed by atoms with E-state index in [1.54, 1.807) is 19.1 Å². The van der Waals surface area contributed by atoms with Crippen LogP contribution in [0.25, 0.3) is 11.0 Å². The number of thioether (sulfide) groups is 1. The van der Waals surface area contributed by atoms with Crippen LogP contribution in [-0.4, -0.2) is 28.9 Å². The van der Waals surface area contributed by atoms with E-state index in [0.29, 0.717) is 23.1 Å². The highest BCUT2D eigenvalue weighted by molar-refractivity contribution is 8.00. The molecule has 0 spiro atoms. The molecule has 2 N–H and O–H groups in total. The van der Waals surface area contributed by atoms with Crippen molar-refractivity contribution in [3.63, 3.8) is 0 Å². The molecule has 4 rings (SSSR count). The topological polar surface area (TPSA) is 106 Å². The number of rotatable bonds is 7. The number of ether oxygens (including phenoxy) is 1. The van der Waals surface area contributed by atoms with Gasteiger partial charge >= 0.3 is 11.7 Å². The maximum Gasteiger partial charge on any atom is 0.411 e. The monoisotopic (exact) mass is 460 g/mol. The standard InChI is InChI=1S/C21H24N4O4S2/c1-2-28-20(27)23-15-8-9-16-13(10-18(26)29-17(16)11-15)12-30-21-25-24-19(31-21)22-14-6-4-3-5-7-14/h8-11,14H,2-7,12H2,1H3,(H,22,24)(H,23,27). The molecule has 0 atom stereocenters. The molecule has 0 aliphatic heterocycles. The van der Waals surface area contributed by atoms with E-state index in [9.17, 15) is 9.59 Å². The number of carbonyl (C=O) groups is 1. The number of nitrogens with zero attached hydrogens (tertiary/aromatic N) is 2. The summed E-state index contributed by atoms with van der Waals surface area (Å²) in [5.41, 5.74) is 1.32. The van der Waals surface area contributed by atoms with Crippen molar-refractivity contribution in [2.24, 2.45) is 0 Å². The number of nitrogens with one attached hydrogen (secondary N) is 2. The molecule has 31 heavy (non-hydrogen) atoms. The Morgan fingerprint density at radius 2 is 2.10 bits per heavy atom. The third kappa shape index (κ3) is 5.76. The summed E-state index contributed by atoms with van der Waals surface area (Å²) in [4.78, 5) is 23.7. The molecule has 1 saturated carbocycles. The van der Waals surface area contributed by atoms with E-state index in [4.69, 9.17) is 9.15 Å². The van der Waals surface area contributed by atoms with Gasteiger partial charge in [-0.25, -0.2) is 9.59 Å². The largest absolute Gasteiger partial charge is 0.450 e. The maximum absolute atomic E-state index is 12.1. The van der Waals surface area contributed by atoms with Gasteiger partial charge in [0.2, 0.25) is 5.13 Å². The zero-order valence-corrected chi connectivity index (χ0v) is 18.8. The molecule has 1 amide bonds. The first-order valence-electron chi connectivity index (χ1n) is 10.3. The van der Waals surface area contributed by atoms with Gasteiger partial charge in [-0.1, -0.05) is 42.4 Å². The first kappa shape index (κ1) is 21.6. The van der Waals surface area contributed by atoms with Crippen LogP contribution < -0.4 is 16.3 Å². The second-order valence-corrected chi connectivity index (χ2v) is 9.49. The van der Waals surface area contributed by atoms with Crippen molar-refractivity contribution in [2.45, 2.75) is 55.2 Å². The van der Waals surface area contributed by atoms with Crippen LogP contribution in [0.3, 0.4) is 0 Å². The lowest BCUT2D eigenvalue weighted by molar-refractivity contribution is 0.168. The van der Waals surface area contributed by atoms with E-state index < -0.39 is 11.7 Å². The normalized spacial score (nSPS) is 14.5. The summed E-state index contributed by atoms with van der Waals surface area (Å²) in [5, 5.41) is 16.3. The number of benzene rings is 1. The van der Waals surface area contributed by atoms with E-state index in [1.165, 1.54) is 61.3 Å². The Kier molecular flexibility index (Phi) is 7.08. The van der Waals surface area contributed by atoms with Crippen molar-refractivity contribution in [2.75, 3.05) is 17.2 Å². The van der Waals surface area contributed by atoms with Crippen molar-refractivity contribution in [1.82, 2.24) is 10.2 Å². The zero-order chi connectivity index (χ0) is 21.6. The van der Waals surface area contributed by atoms with Crippen molar-refractivity contribution in [3.05, 3.63) is 40.2 Å². The summed E-state index contributed by atoms with van der Waals surface area (Å²) in [6, 6.07) is 7.19. The van der Waals surface area contributed by atoms with Crippen molar-refractivity contribution < 1.29 is 13.9 Å². The van der Waals surface area contributed by atoms with Gasteiger partial charge in [0.15, 0.2) is 4.34 Å². The molecule has 1 aliphatic rings. The fourth-order valence-electron chi connectivity index (χ4n) is 3.60. The molecule has 10 heteroatoms. The average molecular weight is 461 g/mol. The zero-order valence-electron chi connectivity index (χ0n) is 17.2. The molecule has 0 radical (unpaired) electrons. The minimum atomic E-state index is -0.551. The van der Waals surface area contributed by atoms with Crippen LogP contribution in [-0.2, 0) is 10.5 Å². The predicted octanol–water partition coefficient (Wildman–Crippen LogP) is 5.25. The van der Waals surface area contributed by atoms with Crippen LogP contribution in [0.5, 0.6) is 0 Å². The molecule has 0 unspecified atom stereocenters. The second-order valence-electron chi connectivity index (χ2n) is 7.29. The molecule has 1 fully saturated rings. The minimum absolute atomic E-state index is 0.277. The average Bonchev–Trinajstić information content (AvgIpc) is 3.20. The predicted molar refractivity (Wildman–Crippen MR) is 123 cm³/mol. The Labute approximate surface area is 187 Å². The Morgan fingerprint density at radius 3 is 2.90 bits per heavy atom. The third-order valence-electron chi connectivity index (χ3n) is 5.04. The Hall–Kier alpha value is -2.59. The first-order valence-corrected chi connectivity index (χ1v) is 12.1. The summed E-state index contributed by atoms with van der Waals surface area (Å²) in [5.74, 6) is 0.560. The molecule has 0 saturated heterocycles. The fourth-order valence-corrected chi connectivity index (χ4v) is 5.42. The van der Waals surface area contributed by atoms with Gasteiger partial charge in [-0.3, -0.25) is 5.32 Å². The molecular weight excluding hydrogens is 436 g/mol. The summed E-state index contributed by atoms with van der Waals surface area (Å²) in [6.45, 7) is 2.01. The highest BCUT2D eigenvalue weighted by atomic mass is 32.2. The highest BCUT2D eigenvalue weighted by Gasteiger charge is 2.16. The van der Waals surface area contributed by atoms with Gasteiger partial charge in [0, 0.05) is 35.0 Å². The minimum Gasteiger partial charge on any atom is -0.450 e. The summed E-state index contributed by atoms with van der Waals surface area (Å²) >= 11 is 3.07. The molecule has 2 heterocycles. The maximum atomic E-state index is 12.1. The third-order valence-corrected chi connectivity index (χ3v) is 7.08. The van der Waals surface area contributed by atoms with E-state index in [1.807, 2.05) is 6.07 Å². The molecular formula is C21H24N4O4S2. The fraction of sp³-hybridized carbons (Fsp3) is 0.429. The highest BCUT2D eigenvalue weighted by Crippen LogP contribution is 2.32. The quantitative estimate of drug-likeness (QED) is 0.364. The molecule has 3 aromatic rings. The lowest BCUT2D eigenvalue weighted by Gasteiger charge is -2.21. The number of carbonyl (C=O) groups excluding carboxylic acids is 1. The van der Waals surface area contributed by atoms with Gasteiger partial charge < -0.3 is 14.5 Å². The number of hydrogen-bond acceptors (Lipinski definition) is 9. The van der Waals surface area contributed by atoms with Crippen LogP contribution >= 0.6 is 23.1 Å². The number of amides is 1. The Balaban J connectivity index is 1.44. The number of aromatic nitrogens is 2. The van der Waals surface area contributed by atoms with Crippen molar-refractivity contribution >= 4 is 51.0 Å². The van der Waals surface area contributed by atoms with Gasteiger partial charge in [-0.2, -0.15) is 0 Å². The molecule has 164 valence electrons. The first-order chi connectivity index (χ1) is 15.1. The van der Waals surface area contributed by atoms with Crippen molar-refractivity contribution in [3.8, 4) is 0 Å². The SMILES string of the molecule is CCOC(=O)Nc1ccc2c(CSc3nnc(NC4CCCCC4)s3)cc(=O)oc2c1. The second kappa shape index (κ2) is 10.1. The van der Waals surface area contributed by atoms with Gasteiger partial charge in [0.25, 0.3) is 0 Å². The van der Waals surface area contributed by atoms with Crippen LogP contribution in [0.1, 0.15) is 44.6 Å². The number of anilines is 2. The van der Waals surface area contributed by atoms with Gasteiger partial charge in [-0.05, 0) is 37.5 Å². The summed E-state index contributed by atoms with van der Waals surface area (Å²) < 4.78 is 11.1. The Bertz CT molecular complexity index is 1110. The van der Waals surface area contributed by atoms with Crippen LogP contribution in [0, 0.1) is 0 Å². The lowest BCUT2D eigenvalue weighted by Crippen LogP contribution is -2.21. The van der Waals surface area contributed by atoms with E-state index in [2.05, 4.69) is 20.8 Å². The van der Waals surface area contributed by atoms with Gasteiger partial charge in [-0.15, -0.1) is 10.2 Å². The molecule has 1 aliphatic carbocycles. The van der Waals surface area contributed by atoms with E-state index in [-0.39, 0.29) is 6.61 Å². The summed E-state index contributed by atoms with van der Waals surface area (Å²) in [7, 11) is 0. The Morgan fingerprint density at radius 1 is 1.26 bits per heavy atom. The van der Waals surface area contributed by atoms with Crippen molar-refractivity contribution in [1.29, 1.82) is 0 Å². The van der Waals surface area contributed by atoms with Crippen LogP contribution in [0.15, 0.2) is 37.8 Å². The molecule has 8 nitrogen and oxygen atoms in total. The lowest BCUT2D eigenvalue weighted by atomic mass is 9.96. The van der Waals surface area contributed by atoms with E-state index >= 15 is 0 Å². The molecule has 2 aromatic heterocycles. The van der Waals surface area contributed by atoms with Gasteiger partial charge in [0.1, 0.15) is 5.58 Å². The number of hydrogen-bond donors (Lipinski definition) is 2. The van der Waals surface area contributed by atoms with E-state index in [0.717, 1.165) is 20.4 Å². The molecule has 1 aromatic carbocycles. The number of fused-ring (bicyclic) bond motifs is 1. The summed E-state index contributed by atoms with van der Waals surface area (Å²) in [6.07, 6.45) is 5.65. The van der Waals surface area contributed by atoms with Gasteiger partial charge in [0.05, 0.1) is 6.61 Å². The smallest absolute Gasteiger partial charge is 0.411 e. The molecule has 0 bridgehead atoms. The van der Waals surface area contributed by atoms with Crippen LogP contribution in [0.2, 0.25) is 0 Å².